The van der Waals surface area contributed by atoms with E-state index in [2.05, 4.69) is 57.2 Å². The van der Waals surface area contributed by atoms with E-state index in [0.717, 1.165) is 36.2 Å². The molecule has 0 atom stereocenters. The lowest BCUT2D eigenvalue weighted by Gasteiger charge is -2.36. The van der Waals surface area contributed by atoms with Crippen LogP contribution < -0.4 is 10.5 Å². The van der Waals surface area contributed by atoms with Crippen molar-refractivity contribution < 1.29 is 4.74 Å². The van der Waals surface area contributed by atoms with Crippen molar-refractivity contribution in [3.63, 3.8) is 0 Å². The molecule has 2 aromatic carbocycles. The summed E-state index contributed by atoms with van der Waals surface area (Å²) in [5.41, 5.74) is 8.79. The molecule has 2 aromatic rings. The van der Waals surface area contributed by atoms with Gasteiger partial charge in [0.25, 0.3) is 0 Å². The molecule has 0 aromatic heterocycles. The molecular formula is C21H27BrN2O. The van der Waals surface area contributed by atoms with E-state index in [0.29, 0.717) is 12.1 Å². The molecule has 0 bridgehead atoms. The summed E-state index contributed by atoms with van der Waals surface area (Å²) in [6, 6.07) is 18.0. The Morgan fingerprint density at radius 1 is 1.00 bits per heavy atom. The van der Waals surface area contributed by atoms with Gasteiger partial charge in [-0.2, -0.15) is 0 Å². The zero-order chi connectivity index (χ0) is 17.6. The van der Waals surface area contributed by atoms with E-state index in [-0.39, 0.29) is 0 Å². The van der Waals surface area contributed by atoms with Gasteiger partial charge in [0, 0.05) is 29.6 Å². The molecule has 0 unspecified atom stereocenters. The average molecular weight is 403 g/mol. The van der Waals surface area contributed by atoms with E-state index in [1.807, 2.05) is 12.1 Å². The highest BCUT2D eigenvalue weighted by Crippen LogP contribution is 2.26. The number of benzene rings is 2. The Morgan fingerprint density at radius 2 is 1.68 bits per heavy atom. The first-order valence-electron chi connectivity index (χ1n) is 9.01. The third-order valence-electron chi connectivity index (χ3n) is 5.08. The molecule has 0 heterocycles. The van der Waals surface area contributed by atoms with Crippen LogP contribution in [0.5, 0.6) is 5.75 Å². The first-order valence-corrected chi connectivity index (χ1v) is 9.80. The second-order valence-electron chi connectivity index (χ2n) is 6.95. The van der Waals surface area contributed by atoms with Crippen LogP contribution in [-0.2, 0) is 13.1 Å². The molecule has 0 spiro atoms. The molecule has 134 valence electrons. The van der Waals surface area contributed by atoms with Gasteiger partial charge in [0.1, 0.15) is 5.75 Å². The minimum atomic E-state index is 0.380. The van der Waals surface area contributed by atoms with Gasteiger partial charge in [0.05, 0.1) is 7.11 Å². The number of nitrogens with two attached hydrogens (primary N) is 1. The van der Waals surface area contributed by atoms with Crippen molar-refractivity contribution >= 4 is 15.9 Å². The van der Waals surface area contributed by atoms with E-state index < -0.39 is 0 Å². The molecule has 3 nitrogen and oxygen atoms in total. The van der Waals surface area contributed by atoms with Crippen molar-refractivity contribution in [2.45, 2.75) is 50.9 Å². The highest BCUT2D eigenvalue weighted by molar-refractivity contribution is 9.10. The highest BCUT2D eigenvalue weighted by Gasteiger charge is 2.24. The molecule has 4 heteroatoms. The third-order valence-corrected chi connectivity index (χ3v) is 5.57. The van der Waals surface area contributed by atoms with E-state index in [4.69, 9.17) is 10.5 Å². The molecule has 0 radical (unpaired) electrons. The SMILES string of the molecule is COc1ccc(CN(Cc2cccc(Br)c2)C2CCC(N)CC2)cc1. The largest absolute Gasteiger partial charge is 0.497 e. The average Bonchev–Trinajstić information content (AvgIpc) is 2.62. The topological polar surface area (TPSA) is 38.5 Å². The predicted molar refractivity (Wildman–Crippen MR) is 107 cm³/mol. The van der Waals surface area contributed by atoms with Gasteiger partial charge < -0.3 is 10.5 Å². The number of ether oxygens (including phenoxy) is 1. The quantitative estimate of drug-likeness (QED) is 0.758. The van der Waals surface area contributed by atoms with Crippen LogP contribution >= 0.6 is 15.9 Å². The zero-order valence-corrected chi connectivity index (χ0v) is 16.4. The van der Waals surface area contributed by atoms with Crippen molar-refractivity contribution in [1.82, 2.24) is 4.90 Å². The Balaban J connectivity index is 1.75. The summed E-state index contributed by atoms with van der Waals surface area (Å²) in [5.74, 6) is 0.908. The van der Waals surface area contributed by atoms with Crippen LogP contribution in [0, 0.1) is 0 Å². The van der Waals surface area contributed by atoms with Crippen LogP contribution in [0.3, 0.4) is 0 Å². The fourth-order valence-corrected chi connectivity index (χ4v) is 4.06. The Morgan fingerprint density at radius 3 is 2.32 bits per heavy atom. The molecule has 1 fully saturated rings. The van der Waals surface area contributed by atoms with Crippen LogP contribution in [0.2, 0.25) is 0 Å². The second-order valence-corrected chi connectivity index (χ2v) is 7.87. The molecule has 0 saturated heterocycles. The molecule has 25 heavy (non-hydrogen) atoms. The number of hydrogen-bond acceptors (Lipinski definition) is 3. The summed E-state index contributed by atoms with van der Waals surface area (Å²) in [7, 11) is 1.71. The van der Waals surface area contributed by atoms with Gasteiger partial charge in [-0.15, -0.1) is 0 Å². The Hall–Kier alpha value is -1.36. The number of nitrogens with zero attached hydrogens (tertiary/aromatic N) is 1. The van der Waals surface area contributed by atoms with E-state index in [1.165, 1.54) is 24.0 Å². The second kappa shape index (κ2) is 8.84. The Kier molecular flexibility index (Phi) is 6.51. The molecule has 2 N–H and O–H groups in total. The summed E-state index contributed by atoms with van der Waals surface area (Å²) in [6.45, 7) is 1.92. The van der Waals surface area contributed by atoms with Crippen LogP contribution in [0.4, 0.5) is 0 Å². The van der Waals surface area contributed by atoms with Crippen molar-refractivity contribution in [1.29, 1.82) is 0 Å². The minimum absolute atomic E-state index is 0.380. The minimum Gasteiger partial charge on any atom is -0.497 e. The van der Waals surface area contributed by atoms with Crippen LogP contribution in [0.1, 0.15) is 36.8 Å². The summed E-state index contributed by atoms with van der Waals surface area (Å²) in [4.78, 5) is 2.61. The molecule has 1 aliphatic carbocycles. The number of halogens is 1. The van der Waals surface area contributed by atoms with E-state index in [1.54, 1.807) is 7.11 Å². The van der Waals surface area contributed by atoms with Gasteiger partial charge >= 0.3 is 0 Å². The van der Waals surface area contributed by atoms with E-state index in [9.17, 15) is 0 Å². The monoisotopic (exact) mass is 402 g/mol. The predicted octanol–water partition coefficient (Wildman–Crippen LogP) is 4.73. The van der Waals surface area contributed by atoms with Gasteiger partial charge in [-0.25, -0.2) is 0 Å². The molecule has 0 aliphatic heterocycles. The van der Waals surface area contributed by atoms with Gasteiger partial charge in [-0.3, -0.25) is 4.90 Å². The van der Waals surface area contributed by atoms with Crippen LogP contribution in [0.25, 0.3) is 0 Å². The molecule has 1 saturated carbocycles. The normalized spacial score (nSPS) is 20.6. The summed E-state index contributed by atoms with van der Waals surface area (Å²) in [6.07, 6.45) is 4.63. The maximum Gasteiger partial charge on any atom is 0.118 e. The van der Waals surface area contributed by atoms with Gasteiger partial charge in [0.15, 0.2) is 0 Å². The maximum atomic E-state index is 6.12. The van der Waals surface area contributed by atoms with Gasteiger partial charge in [0.2, 0.25) is 0 Å². The highest BCUT2D eigenvalue weighted by atomic mass is 79.9. The van der Waals surface area contributed by atoms with Crippen molar-refractivity contribution in [3.8, 4) is 5.75 Å². The third kappa shape index (κ3) is 5.30. The van der Waals surface area contributed by atoms with Crippen molar-refractivity contribution in [3.05, 3.63) is 64.1 Å². The number of methoxy groups -OCH3 is 1. The molecule has 0 amide bonds. The summed E-state index contributed by atoms with van der Waals surface area (Å²) < 4.78 is 6.42. The number of hydrogen-bond donors (Lipinski definition) is 1. The van der Waals surface area contributed by atoms with Gasteiger partial charge in [-0.1, -0.05) is 40.2 Å². The van der Waals surface area contributed by atoms with E-state index >= 15 is 0 Å². The first-order chi connectivity index (χ1) is 12.1. The standard InChI is InChI=1S/C21H27BrN2O/c1-25-21-11-5-16(6-12-21)14-24(20-9-7-19(23)8-10-20)15-17-3-2-4-18(22)13-17/h2-6,11-13,19-20H,7-10,14-15,23H2,1H3. The lowest BCUT2D eigenvalue weighted by molar-refractivity contribution is 0.134. The lowest BCUT2D eigenvalue weighted by Crippen LogP contribution is -2.40. The van der Waals surface area contributed by atoms with Crippen molar-refractivity contribution in [2.75, 3.05) is 7.11 Å². The maximum absolute atomic E-state index is 6.12. The van der Waals surface area contributed by atoms with Gasteiger partial charge in [-0.05, 0) is 61.1 Å². The fourth-order valence-electron chi connectivity index (χ4n) is 3.62. The smallest absolute Gasteiger partial charge is 0.118 e. The summed E-state index contributed by atoms with van der Waals surface area (Å²) in [5, 5.41) is 0. The molecule has 1 aliphatic rings. The lowest BCUT2D eigenvalue weighted by atomic mass is 9.90. The summed E-state index contributed by atoms with van der Waals surface area (Å²) >= 11 is 3.59. The number of rotatable bonds is 6. The Bertz CT molecular complexity index is 666. The molecule has 3 rings (SSSR count). The Labute approximate surface area is 159 Å². The first kappa shape index (κ1) is 18.4. The fraction of sp³-hybridized carbons (Fsp3) is 0.429. The van der Waals surface area contributed by atoms with Crippen LogP contribution in [-0.4, -0.2) is 24.1 Å². The van der Waals surface area contributed by atoms with Crippen LogP contribution in [0.15, 0.2) is 53.0 Å². The molecular weight excluding hydrogens is 376 g/mol. The van der Waals surface area contributed by atoms with Crippen molar-refractivity contribution in [2.24, 2.45) is 5.73 Å². The zero-order valence-electron chi connectivity index (χ0n) is 14.8.